The summed E-state index contributed by atoms with van der Waals surface area (Å²) in [5.74, 6) is 0.768. The maximum Gasteiger partial charge on any atom is 0.248 e. The fraction of sp³-hybridized carbons (Fsp3) is 0.333. The van der Waals surface area contributed by atoms with Crippen molar-refractivity contribution in [2.75, 3.05) is 77.5 Å². The van der Waals surface area contributed by atoms with E-state index in [9.17, 15) is 4.79 Å². The summed E-state index contributed by atoms with van der Waals surface area (Å²) < 4.78 is 7.77. The Morgan fingerprint density at radius 2 is 1.85 bits per heavy atom. The molecule has 216 valence electrons. The zero-order valence-corrected chi connectivity index (χ0v) is 24.8. The van der Waals surface area contributed by atoms with E-state index in [1.165, 1.54) is 0 Å². The Balaban J connectivity index is 1.68. The number of anilines is 4. The average Bonchev–Trinajstić information content (AvgIpc) is 3.37. The number of carbonyl (C=O) groups is 1. The van der Waals surface area contributed by atoms with E-state index >= 15 is 0 Å². The number of nitrogens with one attached hydrogen (secondary N) is 2. The number of hydrogen-bond donors (Lipinski definition) is 2. The molecule has 1 aromatic carbocycles. The van der Waals surface area contributed by atoms with Crippen molar-refractivity contribution in [1.82, 2.24) is 29.2 Å². The normalized spacial score (nSPS) is 11.5. The van der Waals surface area contributed by atoms with E-state index in [0.717, 1.165) is 41.4 Å². The van der Waals surface area contributed by atoms with Gasteiger partial charge in [-0.3, -0.25) is 9.20 Å². The summed E-state index contributed by atoms with van der Waals surface area (Å²) in [5, 5.41) is 6.34. The number of methoxy groups -OCH3 is 1. The zero-order chi connectivity index (χ0) is 29.5. The highest BCUT2D eigenvalue weighted by Gasteiger charge is 2.17. The molecule has 0 saturated heterocycles. The molecule has 0 spiro atoms. The number of rotatable bonds is 12. The van der Waals surface area contributed by atoms with Gasteiger partial charge in [-0.25, -0.2) is 15.0 Å². The van der Waals surface area contributed by atoms with E-state index in [-0.39, 0.29) is 5.91 Å². The first-order valence-electron chi connectivity index (χ1n) is 13.4. The predicted molar refractivity (Wildman–Crippen MR) is 165 cm³/mol. The first-order valence-corrected chi connectivity index (χ1v) is 13.4. The predicted octanol–water partition coefficient (Wildman–Crippen LogP) is 3.91. The third-order valence-corrected chi connectivity index (χ3v) is 6.50. The van der Waals surface area contributed by atoms with Crippen molar-refractivity contribution >= 4 is 34.6 Å². The summed E-state index contributed by atoms with van der Waals surface area (Å²) in [4.78, 5) is 32.8. The summed E-state index contributed by atoms with van der Waals surface area (Å²) in [5.41, 5.74) is 5.64. The van der Waals surface area contributed by atoms with Gasteiger partial charge in [0.1, 0.15) is 11.4 Å². The Hall–Kier alpha value is -4.48. The fourth-order valence-electron chi connectivity index (χ4n) is 4.29. The second-order valence-electron chi connectivity index (χ2n) is 10.4. The molecule has 4 rings (SSSR count). The third kappa shape index (κ3) is 7.38. The molecule has 0 radical (unpaired) electrons. The largest absolute Gasteiger partial charge is 0.494 e. The van der Waals surface area contributed by atoms with Crippen LogP contribution in [0.15, 0.2) is 61.1 Å². The summed E-state index contributed by atoms with van der Waals surface area (Å²) >= 11 is 0. The lowest BCUT2D eigenvalue weighted by molar-refractivity contribution is -0.111. The second kappa shape index (κ2) is 13.2. The van der Waals surface area contributed by atoms with Gasteiger partial charge in [-0.15, -0.1) is 0 Å². The number of benzene rings is 1. The molecule has 4 aromatic rings. The van der Waals surface area contributed by atoms with Gasteiger partial charge in [0, 0.05) is 51.2 Å². The van der Waals surface area contributed by atoms with Gasteiger partial charge in [-0.1, -0.05) is 12.1 Å². The van der Waals surface area contributed by atoms with Crippen LogP contribution in [-0.2, 0) is 4.79 Å². The van der Waals surface area contributed by atoms with E-state index in [4.69, 9.17) is 9.72 Å². The number of hydrogen-bond acceptors (Lipinski definition) is 9. The van der Waals surface area contributed by atoms with Crippen molar-refractivity contribution in [3.8, 4) is 17.1 Å². The van der Waals surface area contributed by atoms with Gasteiger partial charge in [0.05, 0.1) is 41.8 Å². The summed E-state index contributed by atoms with van der Waals surface area (Å²) in [7, 11) is 11.6. The number of aromatic nitrogens is 4. The van der Waals surface area contributed by atoms with Gasteiger partial charge in [-0.05, 0) is 58.9 Å². The molecule has 0 atom stereocenters. The van der Waals surface area contributed by atoms with Crippen LogP contribution in [0.5, 0.6) is 5.75 Å². The van der Waals surface area contributed by atoms with Crippen LogP contribution in [0.4, 0.5) is 23.0 Å². The number of carbonyl (C=O) groups excluding carboxylic acids is 1. The standard InChI is InChI=1S/C30H39N9O2/c1-21-10-8-15-39-26(20-32-29(21)39)22-12-13-31-30(34-22)35-24-18-23(33-28(40)11-9-14-36(2)3)25(19-27(24)41-7)38(6)17-16-37(4)5/h8-13,15,18-20H,14,16-17H2,1-7H3,(H,33,40)(H,31,34,35)/b11-9+. The monoisotopic (exact) mass is 557 g/mol. The molecule has 41 heavy (non-hydrogen) atoms. The number of ether oxygens (including phenoxy) is 1. The molecule has 2 N–H and O–H groups in total. The number of amides is 1. The molecule has 0 bridgehead atoms. The van der Waals surface area contributed by atoms with Crippen molar-refractivity contribution in [1.29, 1.82) is 0 Å². The van der Waals surface area contributed by atoms with Gasteiger partial charge in [0.25, 0.3) is 0 Å². The first kappa shape index (κ1) is 29.5. The Morgan fingerprint density at radius 1 is 1.05 bits per heavy atom. The van der Waals surface area contributed by atoms with E-state index in [0.29, 0.717) is 29.6 Å². The van der Waals surface area contributed by atoms with Crippen molar-refractivity contribution in [3.63, 3.8) is 0 Å². The summed E-state index contributed by atoms with van der Waals surface area (Å²) in [6, 6.07) is 9.63. The minimum atomic E-state index is -0.216. The highest BCUT2D eigenvalue weighted by molar-refractivity contribution is 6.02. The molecule has 0 aliphatic carbocycles. The van der Waals surface area contributed by atoms with E-state index in [1.54, 1.807) is 19.4 Å². The van der Waals surface area contributed by atoms with Gasteiger partial charge in [0.2, 0.25) is 11.9 Å². The Bertz CT molecular complexity index is 1530. The lowest BCUT2D eigenvalue weighted by Crippen LogP contribution is -2.29. The highest BCUT2D eigenvalue weighted by atomic mass is 16.5. The fourth-order valence-corrected chi connectivity index (χ4v) is 4.29. The molecular weight excluding hydrogens is 518 g/mol. The minimum Gasteiger partial charge on any atom is -0.494 e. The molecule has 0 fully saturated rings. The number of likely N-dealkylation sites (N-methyl/N-ethyl adjacent to an activating group) is 3. The van der Waals surface area contributed by atoms with Crippen LogP contribution < -0.4 is 20.3 Å². The van der Waals surface area contributed by atoms with Crippen LogP contribution >= 0.6 is 0 Å². The molecule has 3 aromatic heterocycles. The van der Waals surface area contributed by atoms with Crippen molar-refractivity contribution in [3.05, 3.63) is 66.6 Å². The van der Waals surface area contributed by atoms with Crippen LogP contribution in [0, 0.1) is 6.92 Å². The minimum absolute atomic E-state index is 0.216. The molecule has 1 amide bonds. The molecule has 0 aliphatic heterocycles. The highest BCUT2D eigenvalue weighted by Crippen LogP contribution is 2.38. The second-order valence-corrected chi connectivity index (χ2v) is 10.4. The zero-order valence-electron chi connectivity index (χ0n) is 24.8. The molecule has 0 unspecified atom stereocenters. The van der Waals surface area contributed by atoms with E-state index in [1.807, 2.05) is 100 Å². The number of nitrogens with zero attached hydrogens (tertiary/aromatic N) is 7. The molecular formula is C30H39N9O2. The summed E-state index contributed by atoms with van der Waals surface area (Å²) in [6.07, 6.45) is 8.86. The maximum atomic E-state index is 12.8. The van der Waals surface area contributed by atoms with Crippen LogP contribution in [0.1, 0.15) is 5.56 Å². The number of fused-ring (bicyclic) bond motifs is 1. The Kier molecular flexibility index (Phi) is 9.53. The van der Waals surface area contributed by atoms with Gasteiger partial charge in [0.15, 0.2) is 0 Å². The molecule has 0 saturated carbocycles. The number of imidazole rings is 1. The van der Waals surface area contributed by atoms with E-state index < -0.39 is 0 Å². The average molecular weight is 558 g/mol. The molecule has 11 heteroatoms. The lowest BCUT2D eigenvalue weighted by Gasteiger charge is -2.26. The molecule has 3 heterocycles. The van der Waals surface area contributed by atoms with Gasteiger partial charge in [-0.2, -0.15) is 0 Å². The van der Waals surface area contributed by atoms with E-state index in [2.05, 4.69) is 30.4 Å². The van der Waals surface area contributed by atoms with Crippen LogP contribution in [0.25, 0.3) is 17.0 Å². The first-order chi connectivity index (χ1) is 19.7. The Morgan fingerprint density at radius 3 is 2.59 bits per heavy atom. The SMILES string of the molecule is COc1cc(N(C)CCN(C)C)c(NC(=O)/C=C/CN(C)C)cc1Nc1nccc(-c2cnc3c(C)cccn23)n1. The van der Waals surface area contributed by atoms with Crippen molar-refractivity contribution in [2.45, 2.75) is 6.92 Å². The van der Waals surface area contributed by atoms with Crippen LogP contribution in [0.2, 0.25) is 0 Å². The number of pyridine rings is 1. The molecule has 0 aliphatic rings. The topological polar surface area (TPSA) is 103 Å². The van der Waals surface area contributed by atoms with Crippen LogP contribution in [-0.4, -0.2) is 97.0 Å². The molecule has 11 nitrogen and oxygen atoms in total. The van der Waals surface area contributed by atoms with Gasteiger partial charge >= 0.3 is 0 Å². The third-order valence-electron chi connectivity index (χ3n) is 6.50. The smallest absolute Gasteiger partial charge is 0.248 e. The van der Waals surface area contributed by atoms with Crippen LogP contribution in [0.3, 0.4) is 0 Å². The maximum absolute atomic E-state index is 12.8. The van der Waals surface area contributed by atoms with Gasteiger partial charge < -0.3 is 30.1 Å². The lowest BCUT2D eigenvalue weighted by atomic mass is 10.2. The summed E-state index contributed by atoms with van der Waals surface area (Å²) in [6.45, 7) is 4.30. The quantitative estimate of drug-likeness (QED) is 0.251. The Labute approximate surface area is 241 Å². The van der Waals surface area contributed by atoms with Crippen molar-refractivity contribution in [2.24, 2.45) is 0 Å². The van der Waals surface area contributed by atoms with Crippen molar-refractivity contribution < 1.29 is 9.53 Å². The number of aryl methyl sites for hydroxylation is 1.